The first-order valence-electron chi connectivity index (χ1n) is 6.14. The van der Waals surface area contributed by atoms with Crippen molar-refractivity contribution in [3.8, 4) is 0 Å². The smallest absolute Gasteiger partial charge is 0.221 e. The van der Waals surface area contributed by atoms with Crippen molar-refractivity contribution in [3.05, 3.63) is 29.6 Å². The van der Waals surface area contributed by atoms with Gasteiger partial charge in [0.05, 0.1) is 0 Å². The molecule has 0 aliphatic heterocycles. The molecule has 1 rings (SSSR count). The maximum atomic E-state index is 13.6. The summed E-state index contributed by atoms with van der Waals surface area (Å²) in [6.07, 6.45) is 1.25. The van der Waals surface area contributed by atoms with E-state index in [9.17, 15) is 9.18 Å². The van der Waals surface area contributed by atoms with E-state index in [1.54, 1.807) is 6.07 Å². The Bertz CT molecular complexity index is 465. The van der Waals surface area contributed by atoms with E-state index in [-0.39, 0.29) is 16.5 Å². The van der Waals surface area contributed by atoms with Gasteiger partial charge in [-0.3, -0.25) is 4.79 Å². The van der Waals surface area contributed by atoms with Gasteiger partial charge in [-0.05, 0) is 24.6 Å². The molecule has 0 atom stereocenters. The number of benzene rings is 1. The molecule has 0 bridgehead atoms. The van der Waals surface area contributed by atoms with Gasteiger partial charge in [0.15, 0.2) is 0 Å². The van der Waals surface area contributed by atoms with Crippen LogP contribution in [0, 0.1) is 5.82 Å². The molecule has 4 N–H and O–H groups in total. The third kappa shape index (κ3) is 5.21. The maximum Gasteiger partial charge on any atom is 0.221 e. The van der Waals surface area contributed by atoms with Crippen molar-refractivity contribution in [3.63, 3.8) is 0 Å². The highest BCUT2D eigenvalue weighted by atomic mass is 32.1. The zero-order chi connectivity index (χ0) is 14.3. The lowest BCUT2D eigenvalue weighted by molar-refractivity contribution is -0.120. The molecule has 0 radical (unpaired) electrons. The molecule has 0 fully saturated rings. The molecule has 0 heterocycles. The number of amides is 1. The lowest BCUT2D eigenvalue weighted by Crippen LogP contribution is -2.25. The highest BCUT2D eigenvalue weighted by Crippen LogP contribution is 2.14. The summed E-state index contributed by atoms with van der Waals surface area (Å²) in [6.45, 7) is 3.11. The molecular weight excluding hydrogens is 265 g/mol. The topological polar surface area (TPSA) is 67.2 Å². The van der Waals surface area contributed by atoms with Crippen LogP contribution in [0.1, 0.15) is 25.3 Å². The van der Waals surface area contributed by atoms with Crippen LogP contribution in [0.25, 0.3) is 0 Å². The third-order valence-electron chi connectivity index (χ3n) is 2.49. The molecule has 0 aliphatic rings. The van der Waals surface area contributed by atoms with E-state index < -0.39 is 5.82 Å². The van der Waals surface area contributed by atoms with E-state index in [4.69, 9.17) is 18.0 Å². The fraction of sp³-hybridized carbons (Fsp3) is 0.385. The van der Waals surface area contributed by atoms with Crippen molar-refractivity contribution < 1.29 is 9.18 Å². The summed E-state index contributed by atoms with van der Waals surface area (Å²) >= 11 is 4.72. The summed E-state index contributed by atoms with van der Waals surface area (Å²) in [5.41, 5.74) is 6.19. The predicted octanol–water partition coefficient (Wildman–Crippen LogP) is 1.79. The second kappa shape index (κ2) is 7.68. The number of anilines is 1. The number of rotatable bonds is 7. The Balaban J connectivity index is 2.44. The second-order valence-corrected chi connectivity index (χ2v) is 4.53. The number of carbonyl (C=O) groups excluding carboxylic acids is 1. The molecule has 0 unspecified atom stereocenters. The minimum Gasteiger partial charge on any atom is -0.389 e. The van der Waals surface area contributed by atoms with Crippen molar-refractivity contribution >= 4 is 28.8 Å². The van der Waals surface area contributed by atoms with Crippen molar-refractivity contribution in [2.24, 2.45) is 5.73 Å². The van der Waals surface area contributed by atoms with E-state index >= 15 is 0 Å². The molecule has 0 aliphatic carbocycles. The van der Waals surface area contributed by atoms with Crippen LogP contribution in [0.2, 0.25) is 0 Å². The van der Waals surface area contributed by atoms with E-state index in [1.165, 1.54) is 12.1 Å². The summed E-state index contributed by atoms with van der Waals surface area (Å²) in [5.74, 6) is -0.484. The molecule has 1 aromatic carbocycles. The summed E-state index contributed by atoms with van der Waals surface area (Å²) in [7, 11) is 0. The first-order valence-corrected chi connectivity index (χ1v) is 6.55. The first kappa shape index (κ1) is 15.4. The number of hydrogen-bond donors (Lipinski definition) is 3. The quantitative estimate of drug-likeness (QED) is 0.667. The number of carbonyl (C=O) groups is 1. The van der Waals surface area contributed by atoms with Crippen LogP contribution in [0.4, 0.5) is 10.1 Å². The van der Waals surface area contributed by atoms with Crippen LogP contribution in [0.3, 0.4) is 0 Å². The zero-order valence-electron chi connectivity index (χ0n) is 10.8. The van der Waals surface area contributed by atoms with E-state index in [1.807, 2.05) is 6.92 Å². The van der Waals surface area contributed by atoms with Crippen molar-refractivity contribution in [2.45, 2.75) is 19.8 Å². The van der Waals surface area contributed by atoms with Gasteiger partial charge in [0, 0.05) is 30.8 Å². The van der Waals surface area contributed by atoms with Gasteiger partial charge in [-0.2, -0.15) is 0 Å². The third-order valence-corrected chi connectivity index (χ3v) is 2.71. The van der Waals surface area contributed by atoms with Crippen LogP contribution >= 0.6 is 12.2 Å². The number of nitrogens with one attached hydrogen (secondary N) is 2. The molecule has 4 nitrogen and oxygen atoms in total. The van der Waals surface area contributed by atoms with Crippen LogP contribution < -0.4 is 16.4 Å². The highest BCUT2D eigenvalue weighted by Gasteiger charge is 2.06. The second-order valence-electron chi connectivity index (χ2n) is 4.09. The minimum absolute atomic E-state index is 0.0189. The monoisotopic (exact) mass is 283 g/mol. The fourth-order valence-electron chi connectivity index (χ4n) is 1.50. The summed E-state index contributed by atoms with van der Waals surface area (Å²) < 4.78 is 13.6. The van der Waals surface area contributed by atoms with E-state index in [2.05, 4.69) is 10.6 Å². The molecule has 104 valence electrons. The molecule has 0 saturated carbocycles. The van der Waals surface area contributed by atoms with Gasteiger partial charge in [-0.25, -0.2) is 4.39 Å². The summed E-state index contributed by atoms with van der Waals surface area (Å²) in [4.78, 5) is 11.4. The lowest BCUT2D eigenvalue weighted by atomic mass is 10.2. The summed E-state index contributed by atoms with van der Waals surface area (Å²) in [5, 5.41) is 5.74. The SMILES string of the molecule is CCCNC(=O)CCNc1ccc(C(N)=S)c(F)c1. The van der Waals surface area contributed by atoms with Gasteiger partial charge < -0.3 is 16.4 Å². The minimum atomic E-state index is -0.465. The standard InChI is InChI=1S/C13H18FN3OS/c1-2-6-17-12(18)5-7-16-9-3-4-10(13(15)19)11(14)8-9/h3-4,8,16H,2,5-7H2,1H3,(H2,15,19)(H,17,18). The average molecular weight is 283 g/mol. The Morgan fingerprint density at radius 1 is 1.42 bits per heavy atom. The molecule has 1 amide bonds. The van der Waals surface area contributed by atoms with E-state index in [0.717, 1.165) is 6.42 Å². The molecule has 19 heavy (non-hydrogen) atoms. The molecule has 0 spiro atoms. The van der Waals surface area contributed by atoms with Crippen LogP contribution in [0.5, 0.6) is 0 Å². The van der Waals surface area contributed by atoms with Crippen LogP contribution in [-0.4, -0.2) is 24.0 Å². The number of halogens is 1. The largest absolute Gasteiger partial charge is 0.389 e. The normalized spacial score (nSPS) is 10.0. The average Bonchev–Trinajstić information content (AvgIpc) is 2.36. The van der Waals surface area contributed by atoms with Gasteiger partial charge >= 0.3 is 0 Å². The van der Waals surface area contributed by atoms with Gasteiger partial charge in [-0.1, -0.05) is 19.1 Å². The van der Waals surface area contributed by atoms with Crippen LogP contribution in [0.15, 0.2) is 18.2 Å². The Hall–Kier alpha value is -1.69. The van der Waals surface area contributed by atoms with Gasteiger partial charge in [0.2, 0.25) is 5.91 Å². The molecular formula is C13H18FN3OS. The predicted molar refractivity (Wildman–Crippen MR) is 78.7 cm³/mol. The van der Waals surface area contributed by atoms with Gasteiger partial charge in [0.1, 0.15) is 10.8 Å². The lowest BCUT2D eigenvalue weighted by Gasteiger charge is -2.08. The van der Waals surface area contributed by atoms with Gasteiger partial charge in [-0.15, -0.1) is 0 Å². The van der Waals surface area contributed by atoms with Crippen molar-refractivity contribution in [1.29, 1.82) is 0 Å². The Morgan fingerprint density at radius 3 is 2.74 bits per heavy atom. The number of thiocarbonyl (C=S) groups is 1. The zero-order valence-corrected chi connectivity index (χ0v) is 11.6. The molecule has 6 heteroatoms. The Labute approximate surface area is 117 Å². The Kier molecular flexibility index (Phi) is 6.21. The van der Waals surface area contributed by atoms with Crippen molar-refractivity contribution in [2.75, 3.05) is 18.4 Å². The highest BCUT2D eigenvalue weighted by molar-refractivity contribution is 7.80. The molecule has 1 aromatic rings. The number of nitrogens with two attached hydrogens (primary N) is 1. The Morgan fingerprint density at radius 2 is 2.16 bits per heavy atom. The van der Waals surface area contributed by atoms with Gasteiger partial charge in [0.25, 0.3) is 0 Å². The maximum absolute atomic E-state index is 13.6. The number of hydrogen-bond acceptors (Lipinski definition) is 3. The van der Waals surface area contributed by atoms with Crippen LogP contribution in [-0.2, 0) is 4.79 Å². The first-order chi connectivity index (χ1) is 9.04. The molecule has 0 aromatic heterocycles. The summed E-state index contributed by atoms with van der Waals surface area (Å²) in [6, 6.07) is 4.52. The fourth-order valence-corrected chi connectivity index (χ4v) is 1.66. The van der Waals surface area contributed by atoms with E-state index in [0.29, 0.717) is 25.2 Å². The van der Waals surface area contributed by atoms with Crippen molar-refractivity contribution in [1.82, 2.24) is 5.32 Å². The molecule has 0 saturated heterocycles.